The van der Waals surface area contributed by atoms with Gasteiger partial charge in [0.2, 0.25) is 0 Å². The first-order valence-electron chi connectivity index (χ1n) is 9.79. The molecule has 0 spiro atoms. The Balaban J connectivity index is 0.00000187. The van der Waals surface area contributed by atoms with Gasteiger partial charge in [0.1, 0.15) is 10.7 Å². The molecule has 0 aliphatic heterocycles. The molecule has 0 aliphatic rings. The number of nitrogens with one attached hydrogen (secondary N) is 1. The van der Waals surface area contributed by atoms with Crippen LogP contribution in [0.2, 0.25) is 0 Å². The molecule has 0 bridgehead atoms. The van der Waals surface area contributed by atoms with Gasteiger partial charge in [-0.15, -0.1) is 0 Å². The van der Waals surface area contributed by atoms with E-state index >= 15 is 0 Å². The molecule has 0 saturated carbocycles. The highest BCUT2D eigenvalue weighted by Crippen LogP contribution is 3.02. The van der Waals surface area contributed by atoms with Crippen molar-refractivity contribution in [3.8, 4) is 11.1 Å². The maximum atomic E-state index is 12.9. The van der Waals surface area contributed by atoms with Crippen molar-refractivity contribution < 1.29 is 24.0 Å². The molecule has 1 aromatic heterocycles. The maximum absolute atomic E-state index is 12.9. The fraction of sp³-hybridized carbons (Fsp3) is 0.0870. The summed E-state index contributed by atoms with van der Waals surface area (Å²) in [5.41, 5.74) is 1.46. The summed E-state index contributed by atoms with van der Waals surface area (Å²) >= 11 is 0. The van der Waals surface area contributed by atoms with E-state index in [0.717, 1.165) is 12.1 Å². The highest BCUT2D eigenvalue weighted by Gasteiger charge is 2.65. The summed E-state index contributed by atoms with van der Waals surface area (Å²) in [4.78, 5) is 2.23. The molecule has 2 aromatic carbocycles. The first kappa shape index (κ1) is 26.4. The van der Waals surface area contributed by atoms with Crippen LogP contribution < -0.4 is 10.6 Å². The van der Waals surface area contributed by atoms with Crippen LogP contribution in [0.5, 0.6) is 0 Å². The number of rotatable bonds is 7. The predicted molar refractivity (Wildman–Crippen MR) is 130 cm³/mol. The lowest BCUT2D eigenvalue weighted by molar-refractivity contribution is 0.364. The zero-order chi connectivity index (χ0) is 25.0. The molecule has 0 amide bonds. The summed E-state index contributed by atoms with van der Waals surface area (Å²) in [6, 6.07) is 12.7. The standard InChI is InChI=1S/C21H18F5N2OPS.C2H6/c1-3-30(29,4-2)18-11-7-16(8-12-18)20-6-5-15-27-21(20)28-17-9-13-19(14-10-17)31(22,23,24,25)26;1-2/h3-15H,1-2H2,(H,27,28);1-2H3. The van der Waals surface area contributed by atoms with Crippen LogP contribution in [0.1, 0.15) is 13.8 Å². The number of benzene rings is 2. The zero-order valence-corrected chi connectivity index (χ0v) is 19.7. The van der Waals surface area contributed by atoms with E-state index in [4.69, 9.17) is 0 Å². The van der Waals surface area contributed by atoms with Crippen molar-refractivity contribution in [3.05, 3.63) is 91.7 Å². The van der Waals surface area contributed by atoms with Crippen LogP contribution >= 0.6 is 17.4 Å². The van der Waals surface area contributed by atoms with E-state index in [-0.39, 0.29) is 5.69 Å². The van der Waals surface area contributed by atoms with E-state index in [0.29, 0.717) is 34.4 Å². The number of nitrogens with zero attached hydrogens (tertiary/aromatic N) is 1. The molecular weight excluding hydrogens is 478 g/mol. The third kappa shape index (κ3) is 6.33. The normalized spacial score (nSPS) is 13.5. The second-order valence-corrected chi connectivity index (χ2v) is 11.7. The predicted octanol–water partition coefficient (Wildman–Crippen LogP) is 9.45. The lowest BCUT2D eigenvalue weighted by Gasteiger charge is -2.40. The van der Waals surface area contributed by atoms with E-state index in [1.807, 2.05) is 13.8 Å². The number of halogens is 5. The summed E-state index contributed by atoms with van der Waals surface area (Å²) < 4.78 is 77.1. The summed E-state index contributed by atoms with van der Waals surface area (Å²) in [5, 5.41) is 3.39. The van der Waals surface area contributed by atoms with Gasteiger partial charge in [-0.05, 0) is 53.6 Å². The molecular formula is C23H24F5N2OPS. The second kappa shape index (κ2) is 8.80. The van der Waals surface area contributed by atoms with Crippen molar-refractivity contribution in [2.24, 2.45) is 0 Å². The topological polar surface area (TPSA) is 42.0 Å². The van der Waals surface area contributed by atoms with E-state index in [9.17, 15) is 24.0 Å². The van der Waals surface area contributed by atoms with Gasteiger partial charge in [0.25, 0.3) is 0 Å². The Bertz CT molecular complexity index is 1180. The Morgan fingerprint density at radius 3 is 1.91 bits per heavy atom. The van der Waals surface area contributed by atoms with Crippen molar-refractivity contribution in [2.75, 3.05) is 5.32 Å². The van der Waals surface area contributed by atoms with Gasteiger partial charge < -0.3 is 9.88 Å². The first-order chi connectivity index (χ1) is 15.3. The lowest BCUT2D eigenvalue weighted by Crippen LogP contribution is -2.06. The Labute approximate surface area is 190 Å². The fourth-order valence-electron chi connectivity index (χ4n) is 2.83. The maximum Gasteiger partial charge on any atom is 0.310 e. The van der Waals surface area contributed by atoms with Gasteiger partial charge in [0.15, 0.2) is 7.14 Å². The van der Waals surface area contributed by atoms with Gasteiger partial charge in [0.05, 0.1) is 0 Å². The second-order valence-electron chi connectivity index (χ2n) is 6.64. The molecule has 10 heteroatoms. The van der Waals surface area contributed by atoms with Gasteiger partial charge in [-0.1, -0.05) is 70.7 Å². The Hall–Kier alpha value is -2.90. The van der Waals surface area contributed by atoms with Crippen molar-refractivity contribution in [3.63, 3.8) is 0 Å². The van der Waals surface area contributed by atoms with Crippen LogP contribution in [-0.4, -0.2) is 4.98 Å². The number of anilines is 2. The van der Waals surface area contributed by atoms with Crippen LogP contribution in [0.15, 0.2) is 96.5 Å². The summed E-state index contributed by atoms with van der Waals surface area (Å²) in [5.74, 6) is 3.01. The van der Waals surface area contributed by atoms with Crippen LogP contribution in [-0.2, 0) is 4.57 Å². The van der Waals surface area contributed by atoms with Gasteiger partial charge >= 0.3 is 10.2 Å². The van der Waals surface area contributed by atoms with Crippen LogP contribution in [0.4, 0.5) is 30.9 Å². The fourth-order valence-corrected chi connectivity index (χ4v) is 4.67. The first-order valence-corrected chi connectivity index (χ1v) is 13.6. The van der Waals surface area contributed by atoms with E-state index in [1.165, 1.54) is 17.8 Å². The average molecular weight is 502 g/mol. The minimum absolute atomic E-state index is 0.157. The number of aromatic nitrogens is 1. The quantitative estimate of drug-likeness (QED) is 0.258. The molecule has 0 unspecified atom stereocenters. The highest BCUT2D eigenvalue weighted by atomic mass is 32.5. The van der Waals surface area contributed by atoms with Crippen molar-refractivity contribution in [1.29, 1.82) is 0 Å². The average Bonchev–Trinajstić information content (AvgIpc) is 2.79. The summed E-state index contributed by atoms with van der Waals surface area (Å²) in [6.07, 6.45) is 1.48. The lowest BCUT2D eigenvalue weighted by atomic mass is 10.1. The van der Waals surface area contributed by atoms with Gasteiger partial charge in [0, 0.05) is 22.8 Å². The van der Waals surface area contributed by atoms with Gasteiger partial charge in [-0.3, -0.25) is 0 Å². The molecule has 0 saturated heterocycles. The van der Waals surface area contributed by atoms with Crippen LogP contribution in [0.3, 0.4) is 0 Å². The summed E-state index contributed by atoms with van der Waals surface area (Å²) in [6.45, 7) is 11.2. The summed E-state index contributed by atoms with van der Waals surface area (Å²) in [7, 11) is -12.6. The molecule has 33 heavy (non-hydrogen) atoms. The van der Waals surface area contributed by atoms with Crippen LogP contribution in [0.25, 0.3) is 11.1 Å². The van der Waals surface area contributed by atoms with Gasteiger partial charge in [-0.2, -0.15) is 0 Å². The van der Waals surface area contributed by atoms with Crippen LogP contribution in [0, 0.1) is 0 Å². The molecule has 1 heterocycles. The zero-order valence-electron chi connectivity index (χ0n) is 18.0. The molecule has 3 aromatic rings. The van der Waals surface area contributed by atoms with E-state index in [2.05, 4.69) is 23.5 Å². The Morgan fingerprint density at radius 2 is 1.42 bits per heavy atom. The third-order valence-corrected chi connectivity index (χ3v) is 7.85. The van der Waals surface area contributed by atoms with E-state index in [1.54, 1.807) is 36.4 Å². The van der Waals surface area contributed by atoms with Crippen molar-refractivity contribution >= 4 is 34.2 Å². The highest BCUT2D eigenvalue weighted by molar-refractivity contribution is 8.45. The third-order valence-electron chi connectivity index (χ3n) is 4.49. The molecule has 3 rings (SSSR count). The number of hydrogen-bond donors (Lipinski definition) is 1. The number of hydrogen-bond acceptors (Lipinski definition) is 3. The van der Waals surface area contributed by atoms with Gasteiger partial charge in [-0.25, -0.2) is 4.98 Å². The molecule has 1 N–H and O–H groups in total. The molecule has 178 valence electrons. The minimum atomic E-state index is -9.73. The van der Waals surface area contributed by atoms with Crippen molar-refractivity contribution in [1.82, 2.24) is 4.98 Å². The molecule has 0 atom stereocenters. The molecule has 0 aliphatic carbocycles. The van der Waals surface area contributed by atoms with E-state index < -0.39 is 22.3 Å². The molecule has 3 nitrogen and oxygen atoms in total. The SMILES string of the molecule is C=CP(=O)(C=C)c1ccc(-c2cccnc2Nc2ccc(S(F)(F)(F)(F)F)cc2)cc1.CC. The largest absolute Gasteiger partial charge is 0.340 e. The Morgan fingerprint density at radius 1 is 0.879 bits per heavy atom. The molecule has 0 radical (unpaired) electrons. The van der Waals surface area contributed by atoms with Crippen molar-refractivity contribution in [2.45, 2.75) is 18.7 Å². The molecule has 0 fully saturated rings. The minimum Gasteiger partial charge on any atom is -0.340 e. The smallest absolute Gasteiger partial charge is 0.310 e. The monoisotopic (exact) mass is 502 g/mol. The Kier molecular flexibility index (Phi) is 7.03. The number of pyridine rings is 1.